The predicted molar refractivity (Wildman–Crippen MR) is 117 cm³/mol. The van der Waals surface area contributed by atoms with Gasteiger partial charge in [-0.1, -0.05) is 18.5 Å². The molecule has 0 bridgehead atoms. The summed E-state index contributed by atoms with van der Waals surface area (Å²) in [6, 6.07) is 10.2. The van der Waals surface area contributed by atoms with Crippen LogP contribution in [0.25, 0.3) is 5.82 Å². The minimum Gasteiger partial charge on any atom is -0.497 e. The number of nitrogens with one attached hydrogen (secondary N) is 1. The van der Waals surface area contributed by atoms with Crippen LogP contribution in [0.1, 0.15) is 30.1 Å². The van der Waals surface area contributed by atoms with Gasteiger partial charge in [-0.3, -0.25) is 4.79 Å². The number of pyridine rings is 1. The van der Waals surface area contributed by atoms with E-state index in [-0.39, 0.29) is 21.0 Å². The number of sulfonamides is 1. The van der Waals surface area contributed by atoms with Crippen LogP contribution in [0.2, 0.25) is 5.15 Å². The van der Waals surface area contributed by atoms with E-state index in [1.807, 2.05) is 4.72 Å². The number of ether oxygens (including phenoxy) is 2. The molecule has 1 fully saturated rings. The molecule has 1 aliphatic rings. The number of aromatic nitrogens is 3. The topological polar surface area (TPSA) is 112 Å². The molecule has 2 heterocycles. The summed E-state index contributed by atoms with van der Waals surface area (Å²) in [6.07, 6.45) is 3.95. The fourth-order valence-corrected chi connectivity index (χ4v) is 4.03. The van der Waals surface area contributed by atoms with Crippen molar-refractivity contribution in [2.45, 2.75) is 24.7 Å². The number of nitrogens with zero attached hydrogens (tertiary/aromatic N) is 3. The largest absolute Gasteiger partial charge is 0.497 e. The van der Waals surface area contributed by atoms with Gasteiger partial charge in [0, 0.05) is 17.7 Å². The molecule has 3 aromatic rings. The first-order valence-electron chi connectivity index (χ1n) is 9.76. The fourth-order valence-electron chi connectivity index (χ4n) is 2.83. The first-order chi connectivity index (χ1) is 15.2. The third-order valence-electron chi connectivity index (χ3n) is 5.15. The van der Waals surface area contributed by atoms with Crippen LogP contribution in [-0.4, -0.2) is 42.8 Å². The second-order valence-corrected chi connectivity index (χ2v) is 9.86. The molecule has 0 aliphatic heterocycles. The number of hydrogen-bond donors (Lipinski definition) is 1. The summed E-state index contributed by atoms with van der Waals surface area (Å²) in [4.78, 5) is 16.6. The van der Waals surface area contributed by atoms with Crippen LogP contribution in [0.4, 0.5) is 0 Å². The van der Waals surface area contributed by atoms with Gasteiger partial charge in [-0.2, -0.15) is 0 Å². The Bertz CT molecular complexity index is 1250. The lowest BCUT2D eigenvalue weighted by Crippen LogP contribution is -2.31. The fraction of sp³-hybridized carbons (Fsp3) is 0.286. The van der Waals surface area contributed by atoms with Crippen LogP contribution >= 0.6 is 11.6 Å². The number of hydrogen-bond acceptors (Lipinski definition) is 7. The Hall–Kier alpha value is -3.11. The summed E-state index contributed by atoms with van der Waals surface area (Å²) in [5.41, 5.74) is 0.143. The molecular formula is C21H21ClN4O5S. The SMILES string of the molecule is COc1ccc(S(=O)(=O)NC(=O)c2ccc(-n3ccc(OCC4(C)CC4)n3)nc2Cl)cc1. The summed E-state index contributed by atoms with van der Waals surface area (Å²) >= 11 is 6.17. The first kappa shape index (κ1) is 22.1. The monoisotopic (exact) mass is 476 g/mol. The number of carbonyl (C=O) groups is 1. The molecule has 11 heteroatoms. The molecule has 4 rings (SSSR count). The average molecular weight is 477 g/mol. The molecule has 0 radical (unpaired) electrons. The van der Waals surface area contributed by atoms with Gasteiger partial charge in [0.25, 0.3) is 15.9 Å². The second-order valence-electron chi connectivity index (χ2n) is 7.82. The molecule has 1 amide bonds. The van der Waals surface area contributed by atoms with Gasteiger partial charge in [0.05, 0.1) is 24.2 Å². The molecule has 168 valence electrons. The number of rotatable bonds is 8. The smallest absolute Gasteiger partial charge is 0.268 e. The van der Waals surface area contributed by atoms with Gasteiger partial charge in [-0.15, -0.1) is 5.10 Å². The molecule has 32 heavy (non-hydrogen) atoms. The molecule has 9 nitrogen and oxygen atoms in total. The Morgan fingerprint density at radius 2 is 1.91 bits per heavy atom. The lowest BCUT2D eigenvalue weighted by atomic mass is 10.2. The van der Waals surface area contributed by atoms with E-state index in [0.29, 0.717) is 24.1 Å². The molecule has 2 aromatic heterocycles. The van der Waals surface area contributed by atoms with Crippen molar-refractivity contribution < 1.29 is 22.7 Å². The third-order valence-corrected chi connectivity index (χ3v) is 6.78. The van der Waals surface area contributed by atoms with E-state index in [0.717, 1.165) is 12.8 Å². The quantitative estimate of drug-likeness (QED) is 0.496. The number of amides is 1. The van der Waals surface area contributed by atoms with Crippen molar-refractivity contribution in [3.05, 3.63) is 59.4 Å². The molecule has 0 unspecified atom stereocenters. The van der Waals surface area contributed by atoms with Gasteiger partial charge in [0.15, 0.2) is 5.82 Å². The highest BCUT2D eigenvalue weighted by Crippen LogP contribution is 2.44. The molecule has 1 aliphatic carbocycles. The Morgan fingerprint density at radius 3 is 2.53 bits per heavy atom. The molecule has 0 atom stereocenters. The van der Waals surface area contributed by atoms with Gasteiger partial charge in [-0.25, -0.2) is 22.8 Å². The molecular weight excluding hydrogens is 456 g/mol. The van der Waals surface area contributed by atoms with E-state index < -0.39 is 15.9 Å². The zero-order chi connectivity index (χ0) is 22.9. The molecule has 0 spiro atoms. The summed E-state index contributed by atoms with van der Waals surface area (Å²) in [7, 11) is -2.63. The van der Waals surface area contributed by atoms with Crippen molar-refractivity contribution >= 4 is 27.5 Å². The van der Waals surface area contributed by atoms with Gasteiger partial charge < -0.3 is 9.47 Å². The minimum atomic E-state index is -4.10. The zero-order valence-corrected chi connectivity index (χ0v) is 19.0. The highest BCUT2D eigenvalue weighted by Gasteiger charge is 2.38. The number of carbonyl (C=O) groups excluding carboxylic acids is 1. The van der Waals surface area contributed by atoms with Crippen molar-refractivity contribution in [1.29, 1.82) is 0 Å². The Kier molecular flexibility index (Phi) is 5.83. The highest BCUT2D eigenvalue weighted by atomic mass is 35.5. The van der Waals surface area contributed by atoms with Gasteiger partial charge in [0.2, 0.25) is 5.88 Å². The third kappa shape index (κ3) is 4.86. The highest BCUT2D eigenvalue weighted by molar-refractivity contribution is 7.90. The van der Waals surface area contributed by atoms with Crippen LogP contribution in [0, 0.1) is 5.41 Å². The maximum absolute atomic E-state index is 12.5. The number of benzene rings is 1. The lowest BCUT2D eigenvalue weighted by molar-refractivity contribution is 0.0981. The van der Waals surface area contributed by atoms with Crippen molar-refractivity contribution in [3.8, 4) is 17.4 Å². The van der Waals surface area contributed by atoms with Gasteiger partial charge in [0.1, 0.15) is 10.9 Å². The first-order valence-corrected chi connectivity index (χ1v) is 11.6. The number of methoxy groups -OCH3 is 1. The van der Waals surface area contributed by atoms with Crippen molar-refractivity contribution in [3.63, 3.8) is 0 Å². The summed E-state index contributed by atoms with van der Waals surface area (Å²) < 4.78 is 39.2. The van der Waals surface area contributed by atoms with Gasteiger partial charge in [-0.05, 0) is 49.2 Å². The average Bonchev–Trinajstić information content (AvgIpc) is 3.32. The zero-order valence-electron chi connectivity index (χ0n) is 17.4. The van der Waals surface area contributed by atoms with Crippen LogP contribution in [0.5, 0.6) is 11.6 Å². The van der Waals surface area contributed by atoms with Crippen LogP contribution in [0.15, 0.2) is 53.6 Å². The van der Waals surface area contributed by atoms with Crippen LogP contribution in [0.3, 0.4) is 0 Å². The minimum absolute atomic E-state index is 0.0854. The Labute approximate surface area is 190 Å². The normalized spacial score (nSPS) is 14.6. The van der Waals surface area contributed by atoms with Gasteiger partial charge >= 0.3 is 0 Å². The summed E-state index contributed by atoms with van der Waals surface area (Å²) in [6.45, 7) is 2.75. The predicted octanol–water partition coefficient (Wildman–Crippen LogP) is 3.23. The Balaban J connectivity index is 1.46. The van der Waals surface area contributed by atoms with Crippen LogP contribution in [-0.2, 0) is 10.0 Å². The molecule has 1 saturated carbocycles. The summed E-state index contributed by atoms with van der Waals surface area (Å²) in [5, 5.41) is 4.15. The van der Waals surface area contributed by atoms with Crippen LogP contribution < -0.4 is 14.2 Å². The molecule has 1 N–H and O–H groups in total. The van der Waals surface area contributed by atoms with E-state index in [4.69, 9.17) is 21.1 Å². The lowest BCUT2D eigenvalue weighted by Gasteiger charge is -2.10. The van der Waals surface area contributed by atoms with E-state index in [1.165, 1.54) is 48.2 Å². The van der Waals surface area contributed by atoms with Crippen molar-refractivity contribution in [1.82, 2.24) is 19.5 Å². The van der Waals surface area contributed by atoms with Crippen molar-refractivity contribution in [2.24, 2.45) is 5.41 Å². The maximum Gasteiger partial charge on any atom is 0.268 e. The second kappa shape index (κ2) is 8.44. The molecule has 1 aromatic carbocycles. The Morgan fingerprint density at radius 1 is 1.19 bits per heavy atom. The maximum atomic E-state index is 12.5. The standard InChI is InChI=1S/C21H21ClN4O5S/c1-21(10-11-21)13-31-18-9-12-26(24-18)17-8-7-16(19(22)23-17)20(27)25-32(28,29)15-5-3-14(30-2)4-6-15/h3-9,12H,10-11,13H2,1-2H3,(H,25,27). The van der Waals surface area contributed by atoms with Crippen molar-refractivity contribution in [2.75, 3.05) is 13.7 Å². The van der Waals surface area contributed by atoms with E-state index in [2.05, 4.69) is 17.0 Å². The summed E-state index contributed by atoms with van der Waals surface area (Å²) in [5.74, 6) is 0.416. The molecule has 0 saturated heterocycles. The van der Waals surface area contributed by atoms with E-state index >= 15 is 0 Å². The number of halogens is 1. The van der Waals surface area contributed by atoms with E-state index in [9.17, 15) is 13.2 Å². The van der Waals surface area contributed by atoms with E-state index in [1.54, 1.807) is 12.3 Å².